The average Bonchev–Trinajstić information content (AvgIpc) is 2.14. The predicted octanol–water partition coefficient (Wildman–Crippen LogP) is 4.08. The van der Waals surface area contributed by atoms with E-state index in [-0.39, 0.29) is 9.13 Å². The van der Waals surface area contributed by atoms with Gasteiger partial charge in [0.25, 0.3) is 0 Å². The molecule has 0 unspecified atom stereocenters. The third-order valence-electron chi connectivity index (χ3n) is 1.71. The first-order valence-electron chi connectivity index (χ1n) is 3.76. The van der Waals surface area contributed by atoms with Gasteiger partial charge < -0.3 is 0 Å². The molecule has 0 saturated carbocycles. The van der Waals surface area contributed by atoms with Crippen molar-refractivity contribution in [3.63, 3.8) is 0 Å². The van der Waals surface area contributed by atoms with E-state index in [4.69, 9.17) is 5.26 Å². The molecule has 1 rings (SSSR count). The van der Waals surface area contributed by atoms with Gasteiger partial charge in [-0.15, -0.1) is 0 Å². The first-order chi connectivity index (χ1) is 6.90. The summed E-state index contributed by atoms with van der Waals surface area (Å²) in [5.74, 6) is 0. The fourth-order valence-corrected chi connectivity index (χ4v) is 2.44. The molecule has 1 aromatic carbocycles. The van der Waals surface area contributed by atoms with Gasteiger partial charge in [-0.2, -0.15) is 18.4 Å². The molecule has 0 aliphatic carbocycles. The molecule has 0 bridgehead atoms. The molecule has 6 heteroatoms. The Kier molecular flexibility index (Phi) is 4.00. The quantitative estimate of drug-likeness (QED) is 0.524. The van der Waals surface area contributed by atoms with Crippen molar-refractivity contribution in [2.75, 3.05) is 0 Å². The van der Waals surface area contributed by atoms with E-state index in [0.29, 0.717) is 10.9 Å². The monoisotopic (exact) mass is 389 g/mol. The van der Waals surface area contributed by atoms with Crippen LogP contribution < -0.4 is 0 Å². The Bertz CT molecular complexity index is 423. The number of hydrogen-bond acceptors (Lipinski definition) is 1. The first-order valence-corrected chi connectivity index (χ1v) is 5.96. The molecule has 80 valence electrons. The van der Waals surface area contributed by atoms with Crippen LogP contribution in [0.4, 0.5) is 13.2 Å². The molecular formula is C9H4BrF3IN. The highest BCUT2D eigenvalue weighted by molar-refractivity contribution is 14.1. The standard InChI is InChI=1S/C9H4BrF3IN/c10-3-5-1-6(4-15)8(7(14)2-5)9(11,12)13/h1-2H,3H2. The zero-order valence-corrected chi connectivity index (χ0v) is 10.9. The second-order valence-electron chi connectivity index (χ2n) is 2.74. The number of nitrogens with zero attached hydrogens (tertiary/aromatic N) is 1. The minimum absolute atomic E-state index is 0.0496. The van der Waals surface area contributed by atoms with Gasteiger partial charge in [-0.1, -0.05) is 15.9 Å². The van der Waals surface area contributed by atoms with Gasteiger partial charge in [0, 0.05) is 8.90 Å². The van der Waals surface area contributed by atoms with Crippen LogP contribution in [-0.4, -0.2) is 0 Å². The van der Waals surface area contributed by atoms with Crippen molar-refractivity contribution < 1.29 is 13.2 Å². The zero-order valence-electron chi connectivity index (χ0n) is 7.20. The number of nitriles is 1. The third kappa shape index (κ3) is 2.84. The fourth-order valence-electron chi connectivity index (χ4n) is 1.12. The first kappa shape index (κ1) is 12.8. The molecule has 15 heavy (non-hydrogen) atoms. The molecule has 0 heterocycles. The molecule has 1 aromatic rings. The summed E-state index contributed by atoms with van der Waals surface area (Å²) >= 11 is 4.73. The summed E-state index contributed by atoms with van der Waals surface area (Å²) in [7, 11) is 0. The normalized spacial score (nSPS) is 11.2. The van der Waals surface area contributed by atoms with Crippen LogP contribution in [-0.2, 0) is 11.5 Å². The van der Waals surface area contributed by atoms with Crippen LogP contribution >= 0.6 is 38.5 Å². The molecule has 0 radical (unpaired) electrons. The van der Waals surface area contributed by atoms with Crippen LogP contribution in [0, 0.1) is 14.9 Å². The Balaban J connectivity index is 3.47. The molecule has 0 aliphatic heterocycles. The van der Waals surface area contributed by atoms with Gasteiger partial charge in [0.2, 0.25) is 0 Å². The van der Waals surface area contributed by atoms with E-state index >= 15 is 0 Å². The van der Waals surface area contributed by atoms with Crippen LogP contribution in [0.5, 0.6) is 0 Å². The fraction of sp³-hybridized carbons (Fsp3) is 0.222. The maximum atomic E-state index is 12.6. The van der Waals surface area contributed by atoms with Crippen LogP contribution in [0.25, 0.3) is 0 Å². The van der Waals surface area contributed by atoms with Crippen molar-refractivity contribution >= 4 is 38.5 Å². The maximum Gasteiger partial charge on any atom is 0.418 e. The van der Waals surface area contributed by atoms with E-state index in [1.165, 1.54) is 12.1 Å². The van der Waals surface area contributed by atoms with E-state index in [1.807, 2.05) is 0 Å². The Morgan fingerprint density at radius 3 is 2.40 bits per heavy atom. The summed E-state index contributed by atoms with van der Waals surface area (Å²) in [4.78, 5) is 0. The Labute approximate surface area is 107 Å². The highest BCUT2D eigenvalue weighted by Gasteiger charge is 2.36. The number of rotatable bonds is 1. The average molecular weight is 390 g/mol. The van der Waals surface area contributed by atoms with Crippen LogP contribution in [0.2, 0.25) is 0 Å². The lowest BCUT2D eigenvalue weighted by atomic mass is 10.1. The molecule has 0 N–H and O–H groups in total. The minimum atomic E-state index is -4.48. The zero-order chi connectivity index (χ0) is 11.6. The summed E-state index contributed by atoms with van der Waals surface area (Å²) in [5, 5.41) is 9.08. The lowest BCUT2D eigenvalue weighted by Crippen LogP contribution is -2.11. The lowest BCUT2D eigenvalue weighted by Gasteiger charge is -2.12. The molecule has 0 aromatic heterocycles. The molecule has 0 aliphatic rings. The lowest BCUT2D eigenvalue weighted by molar-refractivity contribution is -0.138. The number of hydrogen-bond donors (Lipinski definition) is 0. The van der Waals surface area contributed by atoms with Gasteiger partial charge in [-0.05, 0) is 40.3 Å². The Morgan fingerprint density at radius 1 is 1.40 bits per heavy atom. The molecule has 0 amide bonds. The second kappa shape index (κ2) is 4.70. The van der Waals surface area contributed by atoms with Gasteiger partial charge in [0.1, 0.15) is 0 Å². The highest BCUT2D eigenvalue weighted by Crippen LogP contribution is 2.36. The third-order valence-corrected chi connectivity index (χ3v) is 3.21. The number of benzene rings is 1. The largest absolute Gasteiger partial charge is 0.418 e. The number of alkyl halides is 4. The molecule has 0 spiro atoms. The van der Waals surface area contributed by atoms with Crippen molar-refractivity contribution in [2.24, 2.45) is 0 Å². The highest BCUT2D eigenvalue weighted by atomic mass is 127. The summed E-state index contributed by atoms with van der Waals surface area (Å²) in [6.07, 6.45) is -4.48. The summed E-state index contributed by atoms with van der Waals surface area (Å²) in [5.41, 5.74) is -0.525. The topological polar surface area (TPSA) is 23.8 Å². The van der Waals surface area contributed by atoms with E-state index in [1.54, 1.807) is 28.7 Å². The van der Waals surface area contributed by atoms with Crippen molar-refractivity contribution in [2.45, 2.75) is 11.5 Å². The van der Waals surface area contributed by atoms with Gasteiger partial charge in [-0.3, -0.25) is 0 Å². The van der Waals surface area contributed by atoms with Gasteiger partial charge in [0.05, 0.1) is 17.2 Å². The van der Waals surface area contributed by atoms with Crippen molar-refractivity contribution in [3.05, 3.63) is 32.4 Å². The van der Waals surface area contributed by atoms with E-state index in [9.17, 15) is 13.2 Å². The van der Waals surface area contributed by atoms with Crippen molar-refractivity contribution in [3.8, 4) is 6.07 Å². The van der Waals surface area contributed by atoms with Crippen molar-refractivity contribution in [1.29, 1.82) is 5.26 Å². The van der Waals surface area contributed by atoms with Gasteiger partial charge in [0.15, 0.2) is 0 Å². The molecule has 0 atom stereocenters. The summed E-state index contributed by atoms with van der Waals surface area (Å²) in [6, 6.07) is 4.24. The Hall–Kier alpha value is -0.290. The SMILES string of the molecule is N#Cc1cc(CBr)cc(I)c1C(F)(F)F. The van der Waals surface area contributed by atoms with Gasteiger partial charge in [-0.25, -0.2) is 0 Å². The van der Waals surface area contributed by atoms with E-state index < -0.39 is 11.7 Å². The smallest absolute Gasteiger partial charge is 0.192 e. The second-order valence-corrected chi connectivity index (χ2v) is 4.47. The molecule has 0 fully saturated rings. The van der Waals surface area contributed by atoms with Gasteiger partial charge >= 0.3 is 6.18 Å². The van der Waals surface area contributed by atoms with Crippen LogP contribution in [0.1, 0.15) is 16.7 Å². The van der Waals surface area contributed by atoms with Crippen molar-refractivity contribution in [1.82, 2.24) is 0 Å². The van der Waals surface area contributed by atoms with E-state index in [2.05, 4.69) is 15.9 Å². The number of halogens is 5. The Morgan fingerprint density at radius 2 is 2.00 bits per heavy atom. The predicted molar refractivity (Wildman–Crippen MR) is 61.5 cm³/mol. The summed E-state index contributed by atoms with van der Waals surface area (Å²) in [6.45, 7) is 0. The molecule has 0 saturated heterocycles. The van der Waals surface area contributed by atoms with Crippen LogP contribution in [0.3, 0.4) is 0 Å². The minimum Gasteiger partial charge on any atom is -0.192 e. The summed E-state index contributed by atoms with van der Waals surface area (Å²) < 4.78 is 37.7. The van der Waals surface area contributed by atoms with E-state index in [0.717, 1.165) is 0 Å². The maximum absolute atomic E-state index is 12.6. The van der Waals surface area contributed by atoms with Crippen LogP contribution in [0.15, 0.2) is 12.1 Å². The molecular weight excluding hydrogens is 386 g/mol. The molecule has 1 nitrogen and oxygen atoms in total.